The third kappa shape index (κ3) is 2.88. The second-order valence-electron chi connectivity index (χ2n) is 9.10. The molecule has 32 heavy (non-hydrogen) atoms. The minimum atomic E-state index is -0.165. The smallest absolute Gasteiger partial charge is 0.142 e. The highest BCUT2D eigenvalue weighted by Crippen LogP contribution is 2.41. The van der Waals surface area contributed by atoms with Crippen LogP contribution in [0.4, 0.5) is 0 Å². The van der Waals surface area contributed by atoms with Crippen LogP contribution in [0.25, 0.3) is 33.6 Å². The molecular formula is C27H26N4O. The molecule has 3 N–H and O–H groups in total. The van der Waals surface area contributed by atoms with E-state index in [2.05, 4.69) is 59.6 Å². The molecule has 0 saturated heterocycles. The third-order valence-electron chi connectivity index (χ3n) is 7.13. The van der Waals surface area contributed by atoms with Gasteiger partial charge in [-0.2, -0.15) is 4.73 Å². The summed E-state index contributed by atoms with van der Waals surface area (Å²) in [5.41, 5.74) is 15.6. The van der Waals surface area contributed by atoms with E-state index >= 15 is 0 Å². The van der Waals surface area contributed by atoms with Gasteiger partial charge in [0.1, 0.15) is 5.82 Å². The lowest BCUT2D eigenvalue weighted by Gasteiger charge is -2.38. The molecule has 1 fully saturated rings. The van der Waals surface area contributed by atoms with Gasteiger partial charge in [0.15, 0.2) is 0 Å². The number of nitrogens with zero attached hydrogens (tertiary/aromatic N) is 3. The van der Waals surface area contributed by atoms with Gasteiger partial charge in [-0.25, -0.2) is 4.98 Å². The molecule has 0 unspecified atom stereocenters. The van der Waals surface area contributed by atoms with E-state index in [9.17, 15) is 5.21 Å². The van der Waals surface area contributed by atoms with E-state index in [4.69, 9.17) is 10.7 Å². The van der Waals surface area contributed by atoms with Crippen LogP contribution in [-0.2, 0) is 18.4 Å². The summed E-state index contributed by atoms with van der Waals surface area (Å²) in [6, 6.07) is 21.2. The van der Waals surface area contributed by atoms with Gasteiger partial charge in [0, 0.05) is 22.2 Å². The summed E-state index contributed by atoms with van der Waals surface area (Å²) < 4.78 is 1.22. The van der Waals surface area contributed by atoms with E-state index < -0.39 is 0 Å². The molecule has 0 spiro atoms. The average Bonchev–Trinajstić information content (AvgIpc) is 3.11. The van der Waals surface area contributed by atoms with Gasteiger partial charge in [0.2, 0.25) is 0 Å². The molecule has 5 heteroatoms. The van der Waals surface area contributed by atoms with Crippen LogP contribution >= 0.6 is 0 Å². The third-order valence-corrected chi connectivity index (χ3v) is 7.13. The fraction of sp³-hybridized carbons (Fsp3) is 0.259. The first-order valence-corrected chi connectivity index (χ1v) is 11.3. The summed E-state index contributed by atoms with van der Waals surface area (Å²) in [5, 5.41) is 10.4. The molecule has 5 nitrogen and oxygen atoms in total. The summed E-state index contributed by atoms with van der Waals surface area (Å²) in [7, 11) is 0. The maximum absolute atomic E-state index is 10.4. The Labute approximate surface area is 187 Å². The molecule has 4 aromatic rings. The molecular weight excluding hydrogens is 396 g/mol. The number of imidazole rings is 1. The quantitative estimate of drug-likeness (QED) is 0.442. The standard InChI is InChI=1S/C27H26N4O/c1-17-29-26-22-16-21(18-6-3-2-4-7-18)25(30-23(22)12-13-24(26)31(17)32)19-8-10-20(11-9-19)27(28)14-5-15-27/h2-4,6-11,16,32H,5,12-15,28H2,1H3. The van der Waals surface area contributed by atoms with E-state index in [1.807, 2.05) is 13.0 Å². The van der Waals surface area contributed by atoms with E-state index in [0.29, 0.717) is 5.82 Å². The van der Waals surface area contributed by atoms with Crippen molar-refractivity contribution in [3.05, 3.63) is 83.4 Å². The van der Waals surface area contributed by atoms with Gasteiger partial charge in [-0.1, -0.05) is 54.6 Å². The highest BCUT2D eigenvalue weighted by Gasteiger charge is 2.34. The van der Waals surface area contributed by atoms with Crippen LogP contribution in [0.15, 0.2) is 60.7 Å². The van der Waals surface area contributed by atoms with E-state index in [0.717, 1.165) is 70.7 Å². The zero-order valence-electron chi connectivity index (χ0n) is 18.2. The summed E-state index contributed by atoms with van der Waals surface area (Å²) in [6.45, 7) is 1.83. The fourth-order valence-corrected chi connectivity index (χ4v) is 5.06. The first-order valence-electron chi connectivity index (χ1n) is 11.3. The van der Waals surface area contributed by atoms with Gasteiger partial charge in [-0.15, -0.1) is 0 Å². The minimum absolute atomic E-state index is 0.165. The Balaban J connectivity index is 1.52. The zero-order valence-corrected chi connectivity index (χ0v) is 18.2. The van der Waals surface area contributed by atoms with E-state index in [1.54, 1.807) is 0 Å². The van der Waals surface area contributed by atoms with Crippen molar-refractivity contribution >= 4 is 0 Å². The van der Waals surface area contributed by atoms with Crippen LogP contribution in [0.5, 0.6) is 0 Å². The summed E-state index contributed by atoms with van der Waals surface area (Å²) in [4.78, 5) is 9.80. The molecule has 0 bridgehead atoms. The van der Waals surface area contributed by atoms with Crippen LogP contribution < -0.4 is 5.73 Å². The molecule has 1 saturated carbocycles. The Bertz CT molecular complexity index is 1320. The van der Waals surface area contributed by atoms with Crippen molar-refractivity contribution in [2.75, 3.05) is 0 Å². The van der Waals surface area contributed by atoms with Crippen molar-refractivity contribution in [1.82, 2.24) is 14.7 Å². The number of aryl methyl sites for hydroxylation is 2. The lowest BCUT2D eigenvalue weighted by atomic mass is 9.72. The maximum Gasteiger partial charge on any atom is 0.142 e. The predicted octanol–water partition coefficient (Wildman–Crippen LogP) is 5.26. The molecule has 2 aromatic heterocycles. The van der Waals surface area contributed by atoms with Crippen LogP contribution in [0.3, 0.4) is 0 Å². The molecule has 2 aliphatic carbocycles. The van der Waals surface area contributed by atoms with Crippen LogP contribution in [0.2, 0.25) is 0 Å². The van der Waals surface area contributed by atoms with E-state index in [1.165, 1.54) is 16.7 Å². The monoisotopic (exact) mass is 422 g/mol. The number of aromatic nitrogens is 3. The second-order valence-corrected chi connectivity index (χ2v) is 9.10. The predicted molar refractivity (Wildman–Crippen MR) is 125 cm³/mol. The zero-order chi connectivity index (χ0) is 21.9. The first kappa shape index (κ1) is 19.3. The molecule has 6 rings (SSSR count). The molecule has 0 radical (unpaired) electrons. The van der Waals surface area contributed by atoms with Crippen molar-refractivity contribution in [2.45, 2.75) is 44.6 Å². The number of benzene rings is 2. The molecule has 2 aromatic carbocycles. The van der Waals surface area contributed by atoms with Crippen molar-refractivity contribution < 1.29 is 5.21 Å². The van der Waals surface area contributed by atoms with Crippen molar-refractivity contribution in [3.63, 3.8) is 0 Å². The Morgan fingerprint density at radius 2 is 1.62 bits per heavy atom. The fourth-order valence-electron chi connectivity index (χ4n) is 5.06. The van der Waals surface area contributed by atoms with Crippen LogP contribution in [-0.4, -0.2) is 19.9 Å². The Morgan fingerprint density at radius 3 is 2.31 bits per heavy atom. The normalized spacial score (nSPS) is 16.2. The van der Waals surface area contributed by atoms with Crippen molar-refractivity contribution in [3.8, 4) is 33.6 Å². The minimum Gasteiger partial charge on any atom is -0.427 e. The maximum atomic E-state index is 10.4. The van der Waals surface area contributed by atoms with Crippen LogP contribution in [0.1, 0.15) is 42.0 Å². The number of fused-ring (bicyclic) bond motifs is 3. The van der Waals surface area contributed by atoms with Crippen molar-refractivity contribution in [2.24, 2.45) is 5.73 Å². The molecule has 160 valence electrons. The van der Waals surface area contributed by atoms with Gasteiger partial charge in [-0.05, 0) is 56.2 Å². The second kappa shape index (κ2) is 7.04. The summed E-state index contributed by atoms with van der Waals surface area (Å²) in [6.07, 6.45) is 4.81. The highest BCUT2D eigenvalue weighted by molar-refractivity contribution is 5.85. The molecule has 2 aliphatic rings. The van der Waals surface area contributed by atoms with E-state index in [-0.39, 0.29) is 5.54 Å². The van der Waals surface area contributed by atoms with Gasteiger partial charge in [0.05, 0.1) is 22.8 Å². The summed E-state index contributed by atoms with van der Waals surface area (Å²) in [5.74, 6) is 0.607. The number of rotatable bonds is 3. The average molecular weight is 423 g/mol. The van der Waals surface area contributed by atoms with Crippen LogP contribution in [0, 0.1) is 6.92 Å². The van der Waals surface area contributed by atoms with Gasteiger partial charge in [0.25, 0.3) is 0 Å². The first-order chi connectivity index (χ1) is 15.5. The lowest BCUT2D eigenvalue weighted by Crippen LogP contribution is -2.43. The SMILES string of the molecule is Cc1nc2c(n1O)CCc1nc(-c3ccc(C4(N)CCC4)cc3)c(-c3ccccc3)cc1-2. The van der Waals surface area contributed by atoms with Gasteiger partial charge >= 0.3 is 0 Å². The molecule has 0 amide bonds. The largest absolute Gasteiger partial charge is 0.427 e. The molecule has 0 atom stereocenters. The summed E-state index contributed by atoms with van der Waals surface area (Å²) >= 11 is 0. The number of hydrogen-bond acceptors (Lipinski definition) is 4. The molecule has 2 heterocycles. The topological polar surface area (TPSA) is 77.0 Å². The molecule has 0 aliphatic heterocycles. The number of nitrogens with two attached hydrogens (primary N) is 1. The Hall–Kier alpha value is -3.44. The Kier molecular flexibility index (Phi) is 4.24. The highest BCUT2D eigenvalue weighted by atomic mass is 16.5. The Morgan fingerprint density at radius 1 is 0.875 bits per heavy atom. The van der Waals surface area contributed by atoms with Gasteiger partial charge in [-0.3, -0.25) is 4.98 Å². The lowest BCUT2D eigenvalue weighted by molar-refractivity contribution is 0.170. The van der Waals surface area contributed by atoms with Crippen molar-refractivity contribution in [1.29, 1.82) is 0 Å². The number of pyridine rings is 1. The number of hydrogen-bond donors (Lipinski definition) is 2. The van der Waals surface area contributed by atoms with Gasteiger partial charge < -0.3 is 10.9 Å².